The Morgan fingerprint density at radius 1 is 1.15 bits per heavy atom. The van der Waals surface area contributed by atoms with Gasteiger partial charge < -0.3 is 24.6 Å². The van der Waals surface area contributed by atoms with Crippen molar-refractivity contribution in [3.8, 4) is 17.2 Å². The van der Waals surface area contributed by atoms with Crippen molar-refractivity contribution in [3.05, 3.63) is 53.1 Å². The number of hydrogen-bond acceptors (Lipinski definition) is 6. The summed E-state index contributed by atoms with van der Waals surface area (Å²) in [7, 11) is 0. The zero-order chi connectivity index (χ0) is 19.4. The minimum absolute atomic E-state index is 0.0216. The van der Waals surface area contributed by atoms with Gasteiger partial charge in [-0.15, -0.1) is 0 Å². The van der Waals surface area contributed by atoms with Crippen LogP contribution >= 0.6 is 0 Å². The lowest BCUT2D eigenvalue weighted by atomic mass is 10.1. The Bertz CT molecular complexity index is 864. The van der Waals surface area contributed by atoms with Crippen LogP contribution in [0.5, 0.6) is 17.2 Å². The average Bonchev–Trinajstić information content (AvgIpc) is 2.65. The first-order chi connectivity index (χ1) is 12.9. The molecule has 7 heteroatoms. The highest BCUT2D eigenvalue weighted by Gasteiger charge is 2.18. The van der Waals surface area contributed by atoms with Gasteiger partial charge in [0.2, 0.25) is 0 Å². The highest BCUT2D eigenvalue weighted by molar-refractivity contribution is 5.94. The third-order valence-corrected chi connectivity index (χ3v) is 4.15. The highest BCUT2D eigenvalue weighted by Crippen LogP contribution is 2.32. The summed E-state index contributed by atoms with van der Waals surface area (Å²) >= 11 is 0. The molecular weight excluding hydrogens is 350 g/mol. The Morgan fingerprint density at radius 3 is 2.63 bits per heavy atom. The molecule has 0 spiro atoms. The van der Waals surface area contributed by atoms with E-state index in [1.54, 1.807) is 19.1 Å². The van der Waals surface area contributed by atoms with Crippen LogP contribution in [-0.4, -0.2) is 36.8 Å². The molecular formula is C20H21NO6. The summed E-state index contributed by atoms with van der Waals surface area (Å²) in [5, 5.41) is 12.6. The normalized spacial score (nSPS) is 13.6. The molecule has 1 heterocycles. The number of nitrogens with one attached hydrogen (secondary N) is 1. The van der Waals surface area contributed by atoms with Crippen molar-refractivity contribution in [2.24, 2.45) is 0 Å². The molecule has 2 aromatic carbocycles. The third kappa shape index (κ3) is 4.49. The molecule has 2 aromatic rings. The zero-order valence-electron chi connectivity index (χ0n) is 15.2. The molecule has 7 nitrogen and oxygen atoms in total. The van der Waals surface area contributed by atoms with Crippen molar-refractivity contribution in [2.75, 3.05) is 19.8 Å². The molecule has 0 aromatic heterocycles. The minimum Gasteiger partial charge on any atom is -0.507 e. The van der Waals surface area contributed by atoms with Crippen LogP contribution in [0.3, 0.4) is 0 Å². The van der Waals surface area contributed by atoms with E-state index in [2.05, 4.69) is 5.32 Å². The minimum atomic E-state index is -0.755. The number of phenols is 1. The Kier molecular flexibility index (Phi) is 5.49. The van der Waals surface area contributed by atoms with E-state index in [-0.39, 0.29) is 17.4 Å². The lowest BCUT2D eigenvalue weighted by molar-refractivity contribution is -0.124. The summed E-state index contributed by atoms with van der Waals surface area (Å²) < 4.78 is 16.0. The van der Waals surface area contributed by atoms with E-state index in [1.165, 1.54) is 12.1 Å². The first kappa shape index (κ1) is 18.6. The number of phenolic OH excluding ortho intramolecular Hbond substituents is 1. The molecule has 0 unspecified atom stereocenters. The Morgan fingerprint density at radius 2 is 1.89 bits per heavy atom. The molecule has 1 aliphatic rings. The van der Waals surface area contributed by atoms with Crippen LogP contribution in [0, 0.1) is 6.92 Å². The number of aryl methyl sites for hydroxylation is 1. The predicted octanol–water partition coefficient (Wildman–Crippen LogP) is 2.51. The Hall–Kier alpha value is -3.22. The molecule has 0 saturated carbocycles. The maximum atomic E-state index is 12.1. The van der Waals surface area contributed by atoms with Gasteiger partial charge in [-0.05, 0) is 49.2 Å². The van der Waals surface area contributed by atoms with E-state index in [0.29, 0.717) is 24.7 Å². The molecule has 0 bridgehead atoms. The summed E-state index contributed by atoms with van der Waals surface area (Å²) in [5.41, 5.74) is 1.68. The van der Waals surface area contributed by atoms with Crippen molar-refractivity contribution in [1.29, 1.82) is 0 Å². The molecule has 142 valence electrons. The molecule has 2 N–H and O–H groups in total. The molecule has 1 amide bonds. The van der Waals surface area contributed by atoms with Gasteiger partial charge in [-0.1, -0.05) is 12.1 Å². The molecule has 0 aliphatic carbocycles. The van der Waals surface area contributed by atoms with Crippen molar-refractivity contribution in [3.63, 3.8) is 0 Å². The average molecular weight is 371 g/mol. The first-order valence-corrected chi connectivity index (χ1v) is 8.59. The largest absolute Gasteiger partial charge is 0.507 e. The summed E-state index contributed by atoms with van der Waals surface area (Å²) in [5.74, 6) is -0.0616. The fraction of sp³-hybridized carbons (Fsp3) is 0.300. The monoisotopic (exact) mass is 371 g/mol. The van der Waals surface area contributed by atoms with E-state index < -0.39 is 18.5 Å². The number of aromatic hydroxyl groups is 1. The van der Waals surface area contributed by atoms with Gasteiger partial charge in [0.25, 0.3) is 5.91 Å². The maximum absolute atomic E-state index is 12.1. The van der Waals surface area contributed by atoms with Crippen LogP contribution in [0.4, 0.5) is 0 Å². The predicted molar refractivity (Wildman–Crippen MR) is 97.1 cm³/mol. The van der Waals surface area contributed by atoms with Gasteiger partial charge >= 0.3 is 5.97 Å². The quantitative estimate of drug-likeness (QED) is 0.785. The van der Waals surface area contributed by atoms with E-state index in [4.69, 9.17) is 14.2 Å². The summed E-state index contributed by atoms with van der Waals surface area (Å²) in [6, 6.07) is 9.75. The number of carbonyl (C=O) groups is 2. The number of ether oxygens (including phenoxy) is 3. The second-order valence-electron chi connectivity index (χ2n) is 6.29. The van der Waals surface area contributed by atoms with Gasteiger partial charge in [-0.2, -0.15) is 0 Å². The number of benzene rings is 2. The molecule has 0 radical (unpaired) electrons. The van der Waals surface area contributed by atoms with Crippen LogP contribution in [-0.2, 0) is 9.53 Å². The van der Waals surface area contributed by atoms with Gasteiger partial charge in [0.05, 0.1) is 6.04 Å². The van der Waals surface area contributed by atoms with Crippen molar-refractivity contribution in [1.82, 2.24) is 5.32 Å². The van der Waals surface area contributed by atoms with Crippen molar-refractivity contribution >= 4 is 11.9 Å². The Labute approximate surface area is 156 Å². The maximum Gasteiger partial charge on any atom is 0.342 e. The number of fused-ring (bicyclic) bond motifs is 1. The van der Waals surface area contributed by atoms with Crippen molar-refractivity contribution in [2.45, 2.75) is 19.9 Å². The van der Waals surface area contributed by atoms with E-state index in [9.17, 15) is 14.7 Å². The Balaban J connectivity index is 1.55. The second kappa shape index (κ2) is 7.99. The van der Waals surface area contributed by atoms with Gasteiger partial charge in [-0.3, -0.25) is 4.79 Å². The van der Waals surface area contributed by atoms with Crippen LogP contribution < -0.4 is 14.8 Å². The second-order valence-corrected chi connectivity index (χ2v) is 6.29. The van der Waals surface area contributed by atoms with Crippen molar-refractivity contribution < 1.29 is 28.9 Å². The zero-order valence-corrected chi connectivity index (χ0v) is 15.2. The smallest absolute Gasteiger partial charge is 0.342 e. The van der Waals surface area contributed by atoms with E-state index in [0.717, 1.165) is 11.1 Å². The molecule has 1 aliphatic heterocycles. The topological polar surface area (TPSA) is 94.1 Å². The van der Waals surface area contributed by atoms with E-state index >= 15 is 0 Å². The van der Waals surface area contributed by atoms with Crippen LogP contribution in [0.2, 0.25) is 0 Å². The van der Waals surface area contributed by atoms with Crippen LogP contribution in [0.1, 0.15) is 34.5 Å². The summed E-state index contributed by atoms with van der Waals surface area (Å²) in [4.78, 5) is 24.1. The van der Waals surface area contributed by atoms with Gasteiger partial charge in [-0.25, -0.2) is 4.79 Å². The third-order valence-electron chi connectivity index (χ3n) is 4.15. The van der Waals surface area contributed by atoms with Crippen LogP contribution in [0.25, 0.3) is 0 Å². The summed E-state index contributed by atoms with van der Waals surface area (Å²) in [6.45, 7) is 4.17. The van der Waals surface area contributed by atoms with Gasteiger partial charge in [0.1, 0.15) is 24.5 Å². The number of carbonyl (C=O) groups excluding carboxylic acids is 2. The van der Waals surface area contributed by atoms with Gasteiger partial charge in [0, 0.05) is 0 Å². The number of amides is 1. The standard InChI is InChI=1S/C20H21NO6/c1-12-3-5-15(16(22)9-12)20(24)27-11-19(23)21-13(2)14-4-6-17-18(10-14)26-8-7-25-17/h3-6,9-10,13,22H,7-8,11H2,1-2H3,(H,21,23)/t13-/m1/s1. The number of rotatable bonds is 5. The molecule has 0 fully saturated rings. The lowest BCUT2D eigenvalue weighted by Crippen LogP contribution is -2.31. The fourth-order valence-corrected chi connectivity index (χ4v) is 2.72. The molecule has 1 atom stereocenters. The lowest BCUT2D eigenvalue weighted by Gasteiger charge is -2.21. The first-order valence-electron chi connectivity index (χ1n) is 8.59. The number of esters is 1. The fourth-order valence-electron chi connectivity index (χ4n) is 2.72. The SMILES string of the molecule is Cc1ccc(C(=O)OCC(=O)N[C@H](C)c2ccc3c(c2)OCCO3)c(O)c1. The molecule has 27 heavy (non-hydrogen) atoms. The molecule has 0 saturated heterocycles. The highest BCUT2D eigenvalue weighted by atomic mass is 16.6. The van der Waals surface area contributed by atoms with E-state index in [1.807, 2.05) is 19.1 Å². The molecule has 3 rings (SSSR count). The number of hydrogen-bond donors (Lipinski definition) is 2. The summed E-state index contributed by atoms with van der Waals surface area (Å²) in [6.07, 6.45) is 0. The van der Waals surface area contributed by atoms with Crippen LogP contribution in [0.15, 0.2) is 36.4 Å². The van der Waals surface area contributed by atoms with Gasteiger partial charge in [0.15, 0.2) is 18.1 Å².